The van der Waals surface area contributed by atoms with Gasteiger partial charge in [-0.1, -0.05) is 6.08 Å². The Morgan fingerprint density at radius 3 is 3.10 bits per heavy atom. The van der Waals surface area contributed by atoms with E-state index in [1.165, 1.54) is 0 Å². The van der Waals surface area contributed by atoms with Crippen molar-refractivity contribution >= 4 is 0 Å². The molecular formula is C8H10O2. The average molecular weight is 138 g/mol. The minimum atomic E-state index is 0.753. The molecule has 2 nitrogen and oxygen atoms in total. The Morgan fingerprint density at radius 1 is 1.80 bits per heavy atom. The normalized spacial score (nSPS) is 9.30. The van der Waals surface area contributed by atoms with Crippen LogP contribution in [0.5, 0.6) is 5.75 Å². The van der Waals surface area contributed by atoms with Gasteiger partial charge >= 0.3 is 0 Å². The van der Waals surface area contributed by atoms with Crippen LogP contribution in [0.15, 0.2) is 29.4 Å². The minimum absolute atomic E-state index is 0.753. The Morgan fingerprint density at radius 2 is 2.60 bits per heavy atom. The van der Waals surface area contributed by atoms with E-state index in [-0.39, 0.29) is 0 Å². The zero-order valence-electron chi connectivity index (χ0n) is 5.96. The van der Waals surface area contributed by atoms with Crippen molar-refractivity contribution in [3.63, 3.8) is 0 Å². The van der Waals surface area contributed by atoms with Crippen molar-refractivity contribution in [3.8, 4) is 5.75 Å². The second kappa shape index (κ2) is 3.11. The van der Waals surface area contributed by atoms with Gasteiger partial charge in [0.15, 0.2) is 5.75 Å². The Kier molecular flexibility index (Phi) is 2.15. The Bertz CT molecular complexity index is 213. The maximum Gasteiger partial charge on any atom is 0.157 e. The molecule has 0 N–H and O–H groups in total. The van der Waals surface area contributed by atoms with E-state index in [1.807, 2.05) is 6.07 Å². The van der Waals surface area contributed by atoms with Crippen molar-refractivity contribution in [3.05, 3.63) is 30.7 Å². The van der Waals surface area contributed by atoms with Gasteiger partial charge in [0.05, 0.1) is 7.11 Å². The molecule has 10 heavy (non-hydrogen) atoms. The number of hydrogen-bond donors (Lipinski definition) is 0. The molecule has 1 aromatic rings. The minimum Gasteiger partial charge on any atom is -0.493 e. The standard InChI is InChI=1S/C8H10O2/c1-3-4-7-5-8(9-2)6-10-7/h3,5-6H,1,4H2,2H3. The lowest BCUT2D eigenvalue weighted by Crippen LogP contribution is -1.76. The third-order valence-corrected chi connectivity index (χ3v) is 1.21. The molecule has 0 saturated heterocycles. The monoisotopic (exact) mass is 138 g/mol. The fraction of sp³-hybridized carbons (Fsp3) is 0.250. The number of hydrogen-bond acceptors (Lipinski definition) is 2. The Labute approximate surface area is 60.1 Å². The van der Waals surface area contributed by atoms with Gasteiger partial charge in [-0.05, 0) is 0 Å². The fourth-order valence-electron chi connectivity index (χ4n) is 0.717. The summed E-state index contributed by atoms with van der Waals surface area (Å²) in [5.41, 5.74) is 0. The maximum absolute atomic E-state index is 5.10. The summed E-state index contributed by atoms with van der Waals surface area (Å²) < 4.78 is 10.0. The van der Waals surface area contributed by atoms with Crippen LogP contribution in [0, 0.1) is 0 Å². The van der Waals surface area contributed by atoms with Crippen molar-refractivity contribution in [2.45, 2.75) is 6.42 Å². The van der Waals surface area contributed by atoms with Crippen molar-refractivity contribution < 1.29 is 9.15 Å². The summed E-state index contributed by atoms with van der Waals surface area (Å²) in [4.78, 5) is 0. The second-order valence-corrected chi connectivity index (χ2v) is 1.95. The molecule has 0 saturated carbocycles. The highest BCUT2D eigenvalue weighted by atomic mass is 16.5. The molecule has 54 valence electrons. The van der Waals surface area contributed by atoms with Gasteiger partial charge < -0.3 is 9.15 Å². The van der Waals surface area contributed by atoms with E-state index in [9.17, 15) is 0 Å². The number of ether oxygens (including phenoxy) is 1. The Balaban J connectivity index is 2.67. The lowest BCUT2D eigenvalue weighted by molar-refractivity contribution is 0.405. The third kappa shape index (κ3) is 1.41. The zero-order chi connectivity index (χ0) is 7.40. The summed E-state index contributed by atoms with van der Waals surface area (Å²) in [5.74, 6) is 1.64. The van der Waals surface area contributed by atoms with Crippen LogP contribution in [0.1, 0.15) is 5.76 Å². The first-order valence-electron chi connectivity index (χ1n) is 3.09. The predicted molar refractivity (Wildman–Crippen MR) is 39.2 cm³/mol. The number of rotatable bonds is 3. The van der Waals surface area contributed by atoms with E-state index < -0.39 is 0 Å². The molecule has 0 fully saturated rings. The van der Waals surface area contributed by atoms with E-state index >= 15 is 0 Å². The number of methoxy groups -OCH3 is 1. The highest BCUT2D eigenvalue weighted by Crippen LogP contribution is 2.15. The average Bonchev–Trinajstić information content (AvgIpc) is 2.37. The van der Waals surface area contributed by atoms with Gasteiger partial charge in [0.1, 0.15) is 12.0 Å². The van der Waals surface area contributed by atoms with Crippen LogP contribution in [0.3, 0.4) is 0 Å². The predicted octanol–water partition coefficient (Wildman–Crippen LogP) is 2.02. The number of furan rings is 1. The van der Waals surface area contributed by atoms with Gasteiger partial charge in [-0.25, -0.2) is 0 Å². The molecule has 0 atom stereocenters. The molecule has 1 rings (SSSR count). The first kappa shape index (κ1) is 6.93. The third-order valence-electron chi connectivity index (χ3n) is 1.21. The number of allylic oxidation sites excluding steroid dienone is 1. The smallest absolute Gasteiger partial charge is 0.157 e. The largest absolute Gasteiger partial charge is 0.493 e. The van der Waals surface area contributed by atoms with Gasteiger partial charge in [-0.3, -0.25) is 0 Å². The van der Waals surface area contributed by atoms with Crippen molar-refractivity contribution in [2.24, 2.45) is 0 Å². The van der Waals surface area contributed by atoms with E-state index in [4.69, 9.17) is 9.15 Å². The van der Waals surface area contributed by atoms with Crippen LogP contribution in [0.4, 0.5) is 0 Å². The van der Waals surface area contributed by atoms with E-state index in [0.717, 1.165) is 17.9 Å². The summed E-state index contributed by atoms with van der Waals surface area (Å²) >= 11 is 0. The summed E-state index contributed by atoms with van der Waals surface area (Å²) in [5, 5.41) is 0. The van der Waals surface area contributed by atoms with Gasteiger partial charge in [-0.15, -0.1) is 6.58 Å². The molecule has 0 aliphatic rings. The van der Waals surface area contributed by atoms with Crippen LogP contribution >= 0.6 is 0 Å². The molecule has 0 aliphatic heterocycles. The van der Waals surface area contributed by atoms with Crippen LogP contribution in [-0.4, -0.2) is 7.11 Å². The molecule has 1 aromatic heterocycles. The van der Waals surface area contributed by atoms with Gasteiger partial charge in [-0.2, -0.15) is 0 Å². The topological polar surface area (TPSA) is 22.4 Å². The van der Waals surface area contributed by atoms with Crippen LogP contribution in [-0.2, 0) is 6.42 Å². The highest BCUT2D eigenvalue weighted by Gasteiger charge is 1.97. The lowest BCUT2D eigenvalue weighted by atomic mass is 10.3. The van der Waals surface area contributed by atoms with E-state index in [0.29, 0.717) is 0 Å². The molecule has 0 aromatic carbocycles. The summed E-state index contributed by atoms with van der Waals surface area (Å²) in [7, 11) is 1.61. The molecular weight excluding hydrogens is 128 g/mol. The van der Waals surface area contributed by atoms with Crippen LogP contribution in [0.2, 0.25) is 0 Å². The molecule has 0 spiro atoms. The van der Waals surface area contributed by atoms with Crippen molar-refractivity contribution in [1.29, 1.82) is 0 Å². The first-order valence-corrected chi connectivity index (χ1v) is 3.09. The summed E-state index contributed by atoms with van der Waals surface area (Å²) in [6.07, 6.45) is 4.13. The van der Waals surface area contributed by atoms with E-state index in [2.05, 4.69) is 6.58 Å². The van der Waals surface area contributed by atoms with Crippen molar-refractivity contribution in [2.75, 3.05) is 7.11 Å². The maximum atomic E-state index is 5.10. The van der Waals surface area contributed by atoms with Crippen molar-refractivity contribution in [1.82, 2.24) is 0 Å². The Hall–Kier alpha value is -1.18. The second-order valence-electron chi connectivity index (χ2n) is 1.95. The van der Waals surface area contributed by atoms with Gasteiger partial charge in [0.2, 0.25) is 0 Å². The molecule has 0 bridgehead atoms. The molecule has 1 heterocycles. The van der Waals surface area contributed by atoms with Crippen LogP contribution in [0.25, 0.3) is 0 Å². The van der Waals surface area contributed by atoms with E-state index in [1.54, 1.807) is 19.4 Å². The summed E-state index contributed by atoms with van der Waals surface area (Å²) in [6, 6.07) is 1.85. The van der Waals surface area contributed by atoms with Crippen LogP contribution < -0.4 is 4.74 Å². The summed E-state index contributed by atoms with van der Waals surface area (Å²) in [6.45, 7) is 3.59. The molecule has 0 radical (unpaired) electrons. The van der Waals surface area contributed by atoms with Gasteiger partial charge in [0, 0.05) is 12.5 Å². The highest BCUT2D eigenvalue weighted by molar-refractivity contribution is 5.20. The molecule has 0 aliphatic carbocycles. The first-order chi connectivity index (χ1) is 4.86. The fourth-order valence-corrected chi connectivity index (χ4v) is 0.717. The molecule has 0 unspecified atom stereocenters. The van der Waals surface area contributed by atoms with Gasteiger partial charge in [0.25, 0.3) is 0 Å². The zero-order valence-corrected chi connectivity index (χ0v) is 5.96. The quantitative estimate of drug-likeness (QED) is 0.596. The lowest BCUT2D eigenvalue weighted by Gasteiger charge is -1.86. The molecule has 2 heteroatoms. The SMILES string of the molecule is C=CCc1cc(OC)co1. The molecule has 0 amide bonds.